The molecule has 1 saturated heterocycles. The molecule has 1 unspecified atom stereocenters. The highest BCUT2D eigenvalue weighted by Crippen LogP contribution is 2.31. The van der Waals surface area contributed by atoms with Gasteiger partial charge in [-0.3, -0.25) is 10.1 Å². The molecule has 1 atom stereocenters. The predicted molar refractivity (Wildman–Crippen MR) is 84.6 cm³/mol. The average Bonchev–Trinajstić information content (AvgIpc) is 2.45. The van der Waals surface area contributed by atoms with Crippen molar-refractivity contribution in [3.05, 3.63) is 33.9 Å². The number of nitro benzene ring substituents is 1. The third kappa shape index (κ3) is 3.30. The molecule has 0 spiro atoms. The van der Waals surface area contributed by atoms with Gasteiger partial charge in [-0.25, -0.2) is 0 Å². The van der Waals surface area contributed by atoms with E-state index < -0.39 is 0 Å². The lowest BCUT2D eigenvalue weighted by Crippen LogP contribution is -2.45. The van der Waals surface area contributed by atoms with Crippen LogP contribution in [-0.2, 0) is 5.33 Å². The lowest BCUT2D eigenvalue weighted by molar-refractivity contribution is -0.384. The summed E-state index contributed by atoms with van der Waals surface area (Å²) in [5.41, 5.74) is 1.83. The predicted octanol–water partition coefficient (Wildman–Crippen LogP) is 3.02. The second kappa shape index (κ2) is 6.54. The van der Waals surface area contributed by atoms with Crippen LogP contribution >= 0.6 is 15.9 Å². The first-order valence-corrected chi connectivity index (χ1v) is 7.89. The topological polar surface area (TPSA) is 49.6 Å². The van der Waals surface area contributed by atoms with E-state index in [4.69, 9.17) is 0 Å². The highest BCUT2D eigenvalue weighted by atomic mass is 79.9. The maximum Gasteiger partial charge on any atom is 0.292 e. The number of likely N-dealkylation sites (tertiary alicyclic amines) is 1. The molecule has 5 nitrogen and oxygen atoms in total. The highest BCUT2D eigenvalue weighted by Gasteiger charge is 2.26. The maximum atomic E-state index is 11.3. The molecule has 0 N–H and O–H groups in total. The van der Waals surface area contributed by atoms with Gasteiger partial charge in [0, 0.05) is 31.0 Å². The number of hydrogen-bond acceptors (Lipinski definition) is 4. The molecular weight excluding hydrogens is 322 g/mol. The Labute approximate surface area is 127 Å². The largest absolute Gasteiger partial charge is 0.365 e. The van der Waals surface area contributed by atoms with Crippen molar-refractivity contribution in [3.8, 4) is 0 Å². The van der Waals surface area contributed by atoms with Crippen molar-refractivity contribution in [1.29, 1.82) is 0 Å². The first kappa shape index (κ1) is 15.3. The van der Waals surface area contributed by atoms with Gasteiger partial charge in [0.25, 0.3) is 5.69 Å². The Balaban J connectivity index is 2.28. The van der Waals surface area contributed by atoms with Crippen molar-refractivity contribution in [2.75, 3.05) is 32.1 Å². The van der Waals surface area contributed by atoms with Crippen LogP contribution in [0.2, 0.25) is 0 Å². The first-order chi connectivity index (χ1) is 9.52. The Kier molecular flexibility index (Phi) is 4.99. The first-order valence-electron chi connectivity index (χ1n) is 6.77. The van der Waals surface area contributed by atoms with Crippen molar-refractivity contribution in [1.82, 2.24) is 4.90 Å². The number of alkyl halides is 1. The summed E-state index contributed by atoms with van der Waals surface area (Å²) in [5, 5.41) is 11.9. The van der Waals surface area contributed by atoms with Gasteiger partial charge in [-0.2, -0.15) is 0 Å². The molecule has 1 aliphatic rings. The van der Waals surface area contributed by atoms with Gasteiger partial charge in [-0.05, 0) is 38.1 Å². The standard InChI is InChI=1S/C14H20BrN3O2/c1-16-7-3-4-12(10-16)17(2)13-6-5-11(9-15)8-14(13)18(19)20/h5-6,8,12H,3-4,7,9-10H2,1-2H3. The second-order valence-corrected chi connectivity index (χ2v) is 5.94. The van der Waals surface area contributed by atoms with Crippen molar-refractivity contribution >= 4 is 27.3 Å². The zero-order valence-corrected chi connectivity index (χ0v) is 13.5. The van der Waals surface area contributed by atoms with E-state index in [-0.39, 0.29) is 10.6 Å². The molecule has 0 amide bonds. The molecule has 0 aromatic heterocycles. The van der Waals surface area contributed by atoms with Crippen molar-refractivity contribution in [2.24, 2.45) is 0 Å². The Morgan fingerprint density at radius 1 is 1.55 bits per heavy atom. The number of piperidine rings is 1. The molecule has 1 aliphatic heterocycles. The Morgan fingerprint density at radius 3 is 2.90 bits per heavy atom. The van der Waals surface area contributed by atoms with Gasteiger partial charge >= 0.3 is 0 Å². The molecule has 1 aromatic carbocycles. The number of halogens is 1. The number of hydrogen-bond donors (Lipinski definition) is 0. The minimum Gasteiger partial charge on any atom is -0.365 e. The van der Waals surface area contributed by atoms with Crippen LogP contribution in [0.5, 0.6) is 0 Å². The zero-order chi connectivity index (χ0) is 14.7. The fourth-order valence-electron chi connectivity index (χ4n) is 2.75. The molecule has 1 fully saturated rings. The van der Waals surface area contributed by atoms with Crippen LogP contribution in [-0.4, -0.2) is 43.0 Å². The Bertz CT molecular complexity index is 495. The maximum absolute atomic E-state index is 11.3. The van der Waals surface area contributed by atoms with Gasteiger partial charge in [0.15, 0.2) is 0 Å². The summed E-state index contributed by atoms with van der Waals surface area (Å²) in [6.07, 6.45) is 2.22. The molecular formula is C14H20BrN3O2. The molecule has 0 bridgehead atoms. The van der Waals surface area contributed by atoms with E-state index in [0.29, 0.717) is 17.1 Å². The number of anilines is 1. The fraction of sp³-hybridized carbons (Fsp3) is 0.571. The summed E-state index contributed by atoms with van der Waals surface area (Å²) in [6, 6.07) is 5.80. The zero-order valence-electron chi connectivity index (χ0n) is 11.9. The van der Waals surface area contributed by atoms with Gasteiger partial charge in [0.05, 0.1) is 4.92 Å². The quantitative estimate of drug-likeness (QED) is 0.479. The van der Waals surface area contributed by atoms with Crippen LogP contribution in [0.4, 0.5) is 11.4 Å². The summed E-state index contributed by atoms with van der Waals surface area (Å²) in [4.78, 5) is 15.3. The van der Waals surface area contributed by atoms with E-state index in [1.807, 2.05) is 19.2 Å². The third-order valence-corrected chi connectivity index (χ3v) is 4.57. The van der Waals surface area contributed by atoms with Crippen molar-refractivity contribution in [2.45, 2.75) is 24.2 Å². The van der Waals surface area contributed by atoms with Crippen LogP contribution < -0.4 is 4.90 Å². The monoisotopic (exact) mass is 341 g/mol. The summed E-state index contributed by atoms with van der Waals surface area (Å²) in [6.45, 7) is 2.06. The van der Waals surface area contributed by atoms with E-state index in [1.165, 1.54) is 0 Å². The van der Waals surface area contributed by atoms with Crippen LogP contribution in [0.1, 0.15) is 18.4 Å². The molecule has 1 heterocycles. The van der Waals surface area contributed by atoms with E-state index >= 15 is 0 Å². The molecule has 0 aliphatic carbocycles. The van der Waals surface area contributed by atoms with Crippen LogP contribution in [0.25, 0.3) is 0 Å². The average molecular weight is 342 g/mol. The van der Waals surface area contributed by atoms with Gasteiger partial charge in [0.2, 0.25) is 0 Å². The summed E-state index contributed by atoms with van der Waals surface area (Å²) < 4.78 is 0. The van der Waals surface area contributed by atoms with Crippen molar-refractivity contribution in [3.63, 3.8) is 0 Å². The minimum absolute atomic E-state index is 0.192. The number of benzene rings is 1. The van der Waals surface area contributed by atoms with E-state index in [1.54, 1.807) is 6.07 Å². The van der Waals surface area contributed by atoms with Gasteiger partial charge in [-0.1, -0.05) is 22.0 Å². The fourth-order valence-corrected chi connectivity index (χ4v) is 3.10. The molecule has 6 heteroatoms. The van der Waals surface area contributed by atoms with E-state index in [2.05, 4.69) is 32.8 Å². The van der Waals surface area contributed by atoms with Gasteiger partial charge < -0.3 is 9.80 Å². The number of rotatable bonds is 4. The molecule has 1 aromatic rings. The summed E-state index contributed by atoms with van der Waals surface area (Å²) in [5.74, 6) is 0. The summed E-state index contributed by atoms with van der Waals surface area (Å²) in [7, 11) is 4.06. The highest BCUT2D eigenvalue weighted by molar-refractivity contribution is 9.08. The van der Waals surface area contributed by atoms with Crippen LogP contribution in [0.3, 0.4) is 0 Å². The normalized spacial score (nSPS) is 19.9. The van der Waals surface area contributed by atoms with Crippen LogP contribution in [0, 0.1) is 10.1 Å². The van der Waals surface area contributed by atoms with Gasteiger partial charge in [-0.15, -0.1) is 0 Å². The molecule has 0 radical (unpaired) electrons. The molecule has 110 valence electrons. The number of nitro groups is 1. The minimum atomic E-state index is -0.287. The Morgan fingerprint density at radius 2 is 2.30 bits per heavy atom. The summed E-state index contributed by atoms with van der Waals surface area (Å²) >= 11 is 3.34. The third-order valence-electron chi connectivity index (χ3n) is 3.92. The lowest BCUT2D eigenvalue weighted by atomic mass is 10.0. The molecule has 2 rings (SSSR count). The van der Waals surface area contributed by atoms with E-state index in [0.717, 1.165) is 31.5 Å². The molecule has 0 saturated carbocycles. The molecule has 20 heavy (non-hydrogen) atoms. The SMILES string of the molecule is CN1CCCC(N(C)c2ccc(CBr)cc2[N+](=O)[O-])C1. The van der Waals surface area contributed by atoms with Crippen molar-refractivity contribution < 1.29 is 4.92 Å². The number of nitrogens with zero attached hydrogens (tertiary/aromatic N) is 3. The lowest BCUT2D eigenvalue weighted by Gasteiger charge is -2.36. The second-order valence-electron chi connectivity index (χ2n) is 5.38. The van der Waals surface area contributed by atoms with Crippen LogP contribution in [0.15, 0.2) is 18.2 Å². The van der Waals surface area contributed by atoms with E-state index in [9.17, 15) is 10.1 Å². The number of likely N-dealkylation sites (N-methyl/N-ethyl adjacent to an activating group) is 2. The van der Waals surface area contributed by atoms with Gasteiger partial charge in [0.1, 0.15) is 5.69 Å². The Hall–Kier alpha value is -1.14. The smallest absolute Gasteiger partial charge is 0.292 e.